The van der Waals surface area contributed by atoms with Crippen molar-refractivity contribution < 1.29 is 5.11 Å². The molecule has 0 amide bonds. The maximum Gasteiger partial charge on any atom is 0.123 e. The third-order valence-electron chi connectivity index (χ3n) is 3.50. The number of anilines is 1. The van der Waals surface area contributed by atoms with Crippen LogP contribution in [0.1, 0.15) is 31.4 Å². The molecule has 1 aliphatic carbocycles. The van der Waals surface area contributed by atoms with Crippen LogP contribution in [0, 0.1) is 0 Å². The van der Waals surface area contributed by atoms with Gasteiger partial charge in [-0.3, -0.25) is 4.90 Å². The quantitative estimate of drug-likeness (QED) is 0.831. The summed E-state index contributed by atoms with van der Waals surface area (Å²) in [7, 11) is 2.05. The van der Waals surface area contributed by atoms with Crippen LogP contribution >= 0.6 is 0 Å². The molecule has 0 spiro atoms. The first-order valence-corrected chi connectivity index (χ1v) is 6.26. The molecular weight excluding hydrogens is 214 g/mol. The first-order valence-electron chi connectivity index (χ1n) is 6.26. The molecule has 0 saturated heterocycles. The van der Waals surface area contributed by atoms with Crippen molar-refractivity contribution in [1.29, 1.82) is 0 Å². The molecule has 2 atom stereocenters. The second-order valence-corrected chi connectivity index (χ2v) is 4.89. The average molecular weight is 235 g/mol. The van der Waals surface area contributed by atoms with Gasteiger partial charge in [-0.15, -0.1) is 0 Å². The van der Waals surface area contributed by atoms with Crippen LogP contribution in [0.5, 0.6) is 0 Å². The molecule has 0 aromatic carbocycles. The zero-order valence-electron chi connectivity index (χ0n) is 10.3. The summed E-state index contributed by atoms with van der Waals surface area (Å²) in [5, 5.41) is 9.99. The number of nitrogens with two attached hydrogens (primary N) is 1. The molecule has 3 N–H and O–H groups in total. The Balaban J connectivity index is 1.98. The monoisotopic (exact) mass is 235 g/mol. The molecule has 2 rings (SSSR count). The van der Waals surface area contributed by atoms with Crippen molar-refractivity contribution in [3.63, 3.8) is 0 Å². The SMILES string of the molecule is CN(Cc1cccc(N)n1)C1CCCCC1O. The molecule has 17 heavy (non-hydrogen) atoms. The Hall–Kier alpha value is -1.13. The van der Waals surface area contributed by atoms with E-state index in [2.05, 4.69) is 9.88 Å². The van der Waals surface area contributed by atoms with Crippen LogP contribution in [-0.4, -0.2) is 34.2 Å². The Kier molecular flexibility index (Phi) is 3.97. The van der Waals surface area contributed by atoms with E-state index in [-0.39, 0.29) is 12.1 Å². The van der Waals surface area contributed by atoms with Crippen LogP contribution in [-0.2, 0) is 6.54 Å². The van der Waals surface area contributed by atoms with Gasteiger partial charge in [0.1, 0.15) is 5.82 Å². The van der Waals surface area contributed by atoms with Crippen molar-refractivity contribution in [3.05, 3.63) is 23.9 Å². The second-order valence-electron chi connectivity index (χ2n) is 4.89. The van der Waals surface area contributed by atoms with Crippen molar-refractivity contribution in [2.75, 3.05) is 12.8 Å². The maximum absolute atomic E-state index is 9.99. The molecule has 1 aliphatic rings. The fourth-order valence-corrected chi connectivity index (χ4v) is 2.56. The van der Waals surface area contributed by atoms with Crippen LogP contribution < -0.4 is 5.73 Å². The van der Waals surface area contributed by atoms with Crippen LogP contribution in [0.3, 0.4) is 0 Å². The van der Waals surface area contributed by atoms with Gasteiger partial charge in [-0.25, -0.2) is 4.98 Å². The Morgan fingerprint density at radius 1 is 1.41 bits per heavy atom. The minimum atomic E-state index is -0.199. The molecular formula is C13H21N3O. The molecule has 0 radical (unpaired) electrons. The van der Waals surface area contributed by atoms with E-state index in [4.69, 9.17) is 5.73 Å². The van der Waals surface area contributed by atoms with Gasteiger partial charge in [0.15, 0.2) is 0 Å². The highest BCUT2D eigenvalue weighted by atomic mass is 16.3. The van der Waals surface area contributed by atoms with E-state index in [0.29, 0.717) is 5.82 Å². The predicted molar refractivity (Wildman–Crippen MR) is 68.4 cm³/mol. The lowest BCUT2D eigenvalue weighted by Crippen LogP contribution is -2.43. The zero-order valence-corrected chi connectivity index (χ0v) is 10.3. The number of rotatable bonds is 3. The molecule has 2 unspecified atom stereocenters. The highest BCUT2D eigenvalue weighted by Crippen LogP contribution is 2.23. The average Bonchev–Trinajstić information content (AvgIpc) is 2.29. The lowest BCUT2D eigenvalue weighted by molar-refractivity contribution is 0.0284. The third kappa shape index (κ3) is 3.17. The minimum Gasteiger partial charge on any atom is -0.391 e. The van der Waals surface area contributed by atoms with Gasteiger partial charge in [-0.05, 0) is 32.0 Å². The van der Waals surface area contributed by atoms with E-state index in [9.17, 15) is 5.11 Å². The zero-order chi connectivity index (χ0) is 12.3. The van der Waals surface area contributed by atoms with Crippen molar-refractivity contribution in [1.82, 2.24) is 9.88 Å². The molecule has 1 saturated carbocycles. The van der Waals surface area contributed by atoms with Gasteiger partial charge in [0.05, 0.1) is 11.8 Å². The first-order chi connectivity index (χ1) is 8.16. The Bertz CT molecular complexity index is 369. The van der Waals surface area contributed by atoms with E-state index in [1.54, 1.807) is 6.07 Å². The summed E-state index contributed by atoms with van der Waals surface area (Å²) in [6, 6.07) is 5.94. The molecule has 1 fully saturated rings. The molecule has 1 aromatic rings. The predicted octanol–water partition coefficient (Wildman–Crippen LogP) is 1.40. The number of hydrogen-bond acceptors (Lipinski definition) is 4. The summed E-state index contributed by atoms with van der Waals surface area (Å²) in [6.45, 7) is 0.743. The normalized spacial score (nSPS) is 25.1. The topological polar surface area (TPSA) is 62.4 Å². The van der Waals surface area contributed by atoms with Gasteiger partial charge in [0.2, 0.25) is 0 Å². The number of aliphatic hydroxyl groups is 1. The highest BCUT2D eigenvalue weighted by molar-refractivity contribution is 5.28. The number of pyridine rings is 1. The Morgan fingerprint density at radius 3 is 2.88 bits per heavy atom. The van der Waals surface area contributed by atoms with E-state index in [1.165, 1.54) is 6.42 Å². The summed E-state index contributed by atoms with van der Waals surface area (Å²) in [6.07, 6.45) is 4.13. The number of aliphatic hydroxyl groups excluding tert-OH is 1. The van der Waals surface area contributed by atoms with Crippen LogP contribution in [0.2, 0.25) is 0 Å². The third-order valence-corrected chi connectivity index (χ3v) is 3.50. The number of likely N-dealkylation sites (N-methyl/N-ethyl adjacent to an activating group) is 1. The smallest absolute Gasteiger partial charge is 0.123 e. The standard InChI is InChI=1S/C13H21N3O/c1-16(11-6-2-3-7-12(11)17)9-10-5-4-8-13(14)15-10/h4-5,8,11-12,17H,2-3,6-7,9H2,1H3,(H2,14,15). The fraction of sp³-hybridized carbons (Fsp3) is 0.615. The summed E-state index contributed by atoms with van der Waals surface area (Å²) >= 11 is 0. The van der Waals surface area contributed by atoms with E-state index in [1.807, 2.05) is 19.2 Å². The Morgan fingerprint density at radius 2 is 2.18 bits per heavy atom. The highest BCUT2D eigenvalue weighted by Gasteiger charge is 2.26. The fourth-order valence-electron chi connectivity index (χ4n) is 2.56. The van der Waals surface area contributed by atoms with Gasteiger partial charge in [0, 0.05) is 12.6 Å². The minimum absolute atomic E-state index is 0.199. The van der Waals surface area contributed by atoms with Gasteiger partial charge in [-0.1, -0.05) is 18.9 Å². The lowest BCUT2D eigenvalue weighted by atomic mass is 9.91. The van der Waals surface area contributed by atoms with Gasteiger partial charge < -0.3 is 10.8 Å². The van der Waals surface area contributed by atoms with Gasteiger partial charge in [0.25, 0.3) is 0 Å². The van der Waals surface area contributed by atoms with Gasteiger partial charge in [-0.2, -0.15) is 0 Å². The summed E-state index contributed by atoms with van der Waals surface area (Å²) in [5.74, 6) is 0.556. The molecule has 1 heterocycles. The van der Waals surface area contributed by atoms with Crippen LogP contribution in [0.4, 0.5) is 5.82 Å². The van der Waals surface area contributed by atoms with Crippen LogP contribution in [0.15, 0.2) is 18.2 Å². The number of aromatic nitrogens is 1. The Labute approximate surface area is 102 Å². The second kappa shape index (κ2) is 5.47. The molecule has 4 nitrogen and oxygen atoms in total. The van der Waals surface area contributed by atoms with Crippen molar-refractivity contribution in [2.45, 2.75) is 44.4 Å². The summed E-state index contributed by atoms with van der Waals surface area (Å²) in [4.78, 5) is 6.47. The van der Waals surface area contributed by atoms with E-state index < -0.39 is 0 Å². The molecule has 0 aliphatic heterocycles. The lowest BCUT2D eigenvalue weighted by Gasteiger charge is -2.35. The van der Waals surface area contributed by atoms with Crippen molar-refractivity contribution in [3.8, 4) is 0 Å². The number of nitrogen functional groups attached to an aromatic ring is 1. The number of nitrogens with zero attached hydrogens (tertiary/aromatic N) is 2. The number of hydrogen-bond donors (Lipinski definition) is 2. The molecule has 1 aromatic heterocycles. The molecule has 0 bridgehead atoms. The molecule has 4 heteroatoms. The largest absolute Gasteiger partial charge is 0.391 e. The maximum atomic E-state index is 9.99. The first kappa shape index (κ1) is 12.3. The van der Waals surface area contributed by atoms with Crippen molar-refractivity contribution in [2.24, 2.45) is 0 Å². The molecule has 94 valence electrons. The van der Waals surface area contributed by atoms with E-state index >= 15 is 0 Å². The summed E-state index contributed by atoms with van der Waals surface area (Å²) in [5.41, 5.74) is 6.62. The van der Waals surface area contributed by atoms with Crippen molar-refractivity contribution >= 4 is 5.82 Å². The summed E-state index contributed by atoms with van der Waals surface area (Å²) < 4.78 is 0. The van der Waals surface area contributed by atoms with Gasteiger partial charge >= 0.3 is 0 Å². The van der Waals surface area contributed by atoms with E-state index in [0.717, 1.165) is 31.5 Å². The van der Waals surface area contributed by atoms with Crippen LogP contribution in [0.25, 0.3) is 0 Å².